The number of anilines is 1. The van der Waals surface area contributed by atoms with Gasteiger partial charge in [0.25, 0.3) is 0 Å². The minimum absolute atomic E-state index is 0.258. The highest BCUT2D eigenvalue weighted by Crippen LogP contribution is 2.31. The lowest BCUT2D eigenvalue weighted by Crippen LogP contribution is -2.17. The van der Waals surface area contributed by atoms with Crippen LogP contribution in [0.2, 0.25) is 0 Å². The van der Waals surface area contributed by atoms with Crippen molar-refractivity contribution >= 4 is 5.82 Å². The van der Waals surface area contributed by atoms with Crippen molar-refractivity contribution in [2.24, 2.45) is 0 Å². The number of nitrogens with one attached hydrogen (secondary N) is 1. The van der Waals surface area contributed by atoms with Gasteiger partial charge in [-0.3, -0.25) is 4.98 Å². The fourth-order valence-corrected chi connectivity index (χ4v) is 3.04. The number of benzene rings is 1. The van der Waals surface area contributed by atoms with Crippen LogP contribution in [0.15, 0.2) is 48.7 Å². The minimum atomic E-state index is -4.70. The molecule has 1 aromatic carbocycles. The number of aromatic nitrogens is 3. The van der Waals surface area contributed by atoms with Crippen LogP contribution in [-0.4, -0.2) is 27.7 Å². The van der Waals surface area contributed by atoms with Crippen molar-refractivity contribution in [2.45, 2.75) is 19.2 Å². The third-order valence-corrected chi connectivity index (χ3v) is 4.12. The number of hydrogen-bond donors (Lipinski definition) is 1. The second-order valence-corrected chi connectivity index (χ2v) is 5.90. The van der Waals surface area contributed by atoms with Crippen LogP contribution < -0.4 is 10.1 Å². The zero-order chi connectivity index (χ0) is 18.1. The van der Waals surface area contributed by atoms with E-state index in [2.05, 4.69) is 20.1 Å². The van der Waals surface area contributed by atoms with Gasteiger partial charge in [0.2, 0.25) is 0 Å². The van der Waals surface area contributed by atoms with Crippen molar-refractivity contribution in [3.63, 3.8) is 0 Å². The second-order valence-electron chi connectivity index (χ2n) is 5.90. The van der Waals surface area contributed by atoms with Crippen molar-refractivity contribution in [1.29, 1.82) is 0 Å². The molecule has 0 aliphatic carbocycles. The van der Waals surface area contributed by atoms with Crippen LogP contribution in [0.25, 0.3) is 5.69 Å². The summed E-state index contributed by atoms with van der Waals surface area (Å²) in [4.78, 5) is 4.33. The highest BCUT2D eigenvalue weighted by Gasteiger charge is 2.31. The molecule has 0 unspecified atom stereocenters. The normalized spacial score (nSPS) is 13.3. The largest absolute Gasteiger partial charge is 0.573 e. The van der Waals surface area contributed by atoms with Crippen LogP contribution in [0.1, 0.15) is 17.0 Å². The number of ether oxygens (including phenoxy) is 1. The van der Waals surface area contributed by atoms with Crippen LogP contribution in [0.5, 0.6) is 5.75 Å². The molecule has 0 saturated heterocycles. The Morgan fingerprint density at radius 1 is 1.12 bits per heavy atom. The van der Waals surface area contributed by atoms with E-state index < -0.39 is 6.36 Å². The monoisotopic (exact) mass is 360 g/mol. The second kappa shape index (κ2) is 6.36. The van der Waals surface area contributed by atoms with E-state index in [1.165, 1.54) is 12.1 Å². The molecule has 0 radical (unpaired) electrons. The molecule has 1 aliphatic rings. The summed E-state index contributed by atoms with van der Waals surface area (Å²) < 4.78 is 42.5. The van der Waals surface area contributed by atoms with E-state index in [0.29, 0.717) is 12.1 Å². The van der Waals surface area contributed by atoms with Gasteiger partial charge in [-0.25, -0.2) is 4.68 Å². The Hall–Kier alpha value is -3.03. The predicted octanol–water partition coefficient (Wildman–Crippen LogP) is 3.72. The molecule has 134 valence electrons. The lowest BCUT2D eigenvalue weighted by molar-refractivity contribution is -0.274. The molecule has 4 rings (SSSR count). The van der Waals surface area contributed by atoms with E-state index in [0.717, 1.165) is 35.7 Å². The van der Waals surface area contributed by atoms with Crippen LogP contribution in [-0.2, 0) is 12.8 Å². The van der Waals surface area contributed by atoms with Crippen molar-refractivity contribution in [3.8, 4) is 11.4 Å². The first-order valence-corrected chi connectivity index (χ1v) is 8.10. The summed E-state index contributed by atoms with van der Waals surface area (Å²) in [6.45, 7) is 0.803. The molecule has 1 aliphatic heterocycles. The van der Waals surface area contributed by atoms with Gasteiger partial charge < -0.3 is 10.1 Å². The third-order valence-electron chi connectivity index (χ3n) is 4.12. The van der Waals surface area contributed by atoms with E-state index >= 15 is 0 Å². The summed E-state index contributed by atoms with van der Waals surface area (Å²) >= 11 is 0. The number of alkyl halides is 3. The Morgan fingerprint density at radius 3 is 2.62 bits per heavy atom. The Bertz CT molecular complexity index is 905. The highest BCUT2D eigenvalue weighted by atomic mass is 19.4. The topological polar surface area (TPSA) is 52.0 Å². The molecule has 0 amide bonds. The van der Waals surface area contributed by atoms with Crippen molar-refractivity contribution in [3.05, 3.63) is 65.6 Å². The lowest BCUT2D eigenvalue weighted by Gasteiger charge is -2.10. The third kappa shape index (κ3) is 3.35. The van der Waals surface area contributed by atoms with Gasteiger partial charge in [-0.15, -0.1) is 13.2 Å². The van der Waals surface area contributed by atoms with Gasteiger partial charge >= 0.3 is 6.36 Å². The SMILES string of the molecule is FC(F)(F)Oc1ccc(-n2nc(Cc3ccccn3)c3c2NCC3)cc1. The average Bonchev–Trinajstić information content (AvgIpc) is 3.19. The van der Waals surface area contributed by atoms with Gasteiger partial charge in [0.05, 0.1) is 11.4 Å². The summed E-state index contributed by atoms with van der Waals surface area (Å²) in [5, 5.41) is 7.95. The molecular formula is C18H15F3N4O. The standard InChI is InChI=1S/C18H15F3N4O/c19-18(20,21)26-14-6-4-13(5-7-14)25-17-15(8-10-23-17)16(24-25)11-12-3-1-2-9-22-12/h1-7,9,23H,8,10-11H2. The van der Waals surface area contributed by atoms with Gasteiger partial charge in [0.1, 0.15) is 11.6 Å². The van der Waals surface area contributed by atoms with Gasteiger partial charge in [0.15, 0.2) is 0 Å². The number of fused-ring (bicyclic) bond motifs is 1. The quantitative estimate of drug-likeness (QED) is 0.770. The Balaban J connectivity index is 1.64. The van der Waals surface area contributed by atoms with E-state index in [9.17, 15) is 13.2 Å². The first-order chi connectivity index (χ1) is 12.5. The number of pyridine rings is 1. The smallest absolute Gasteiger partial charge is 0.406 e. The zero-order valence-corrected chi connectivity index (χ0v) is 13.6. The molecule has 0 bridgehead atoms. The molecule has 5 nitrogen and oxygen atoms in total. The average molecular weight is 360 g/mol. The maximum atomic E-state index is 12.3. The van der Waals surface area contributed by atoms with E-state index in [-0.39, 0.29) is 5.75 Å². The van der Waals surface area contributed by atoms with E-state index in [1.54, 1.807) is 23.0 Å². The predicted molar refractivity (Wildman–Crippen MR) is 89.5 cm³/mol. The molecule has 3 heterocycles. The highest BCUT2D eigenvalue weighted by molar-refractivity contribution is 5.57. The summed E-state index contributed by atoms with van der Waals surface area (Å²) in [6, 6.07) is 11.4. The van der Waals surface area contributed by atoms with Crippen molar-refractivity contribution in [2.75, 3.05) is 11.9 Å². The number of hydrogen-bond acceptors (Lipinski definition) is 4. The molecule has 26 heavy (non-hydrogen) atoms. The summed E-state index contributed by atoms with van der Waals surface area (Å²) in [6.07, 6.45) is -1.50. The van der Waals surface area contributed by atoms with Crippen LogP contribution >= 0.6 is 0 Å². The summed E-state index contributed by atoms with van der Waals surface area (Å²) in [7, 11) is 0. The first kappa shape index (κ1) is 16.4. The van der Waals surface area contributed by atoms with E-state index in [4.69, 9.17) is 0 Å². The first-order valence-electron chi connectivity index (χ1n) is 8.10. The maximum absolute atomic E-state index is 12.3. The molecule has 2 aromatic heterocycles. The lowest BCUT2D eigenvalue weighted by atomic mass is 10.1. The van der Waals surface area contributed by atoms with Crippen molar-refractivity contribution < 1.29 is 17.9 Å². The summed E-state index contributed by atoms with van der Waals surface area (Å²) in [5.41, 5.74) is 3.61. The zero-order valence-electron chi connectivity index (χ0n) is 13.6. The molecule has 0 spiro atoms. The van der Waals surface area contributed by atoms with E-state index in [1.807, 2.05) is 18.2 Å². The molecule has 3 aromatic rings. The maximum Gasteiger partial charge on any atom is 0.573 e. The molecular weight excluding hydrogens is 345 g/mol. The van der Waals surface area contributed by atoms with Crippen LogP contribution in [0, 0.1) is 0 Å². The van der Waals surface area contributed by atoms with Crippen molar-refractivity contribution in [1.82, 2.24) is 14.8 Å². The van der Waals surface area contributed by atoms with Gasteiger partial charge in [-0.05, 0) is 42.8 Å². The number of halogens is 3. The molecule has 0 atom stereocenters. The molecule has 8 heteroatoms. The fraction of sp³-hybridized carbons (Fsp3) is 0.222. The number of rotatable bonds is 4. The van der Waals surface area contributed by atoms with Gasteiger partial charge in [-0.2, -0.15) is 5.10 Å². The minimum Gasteiger partial charge on any atom is -0.406 e. The Morgan fingerprint density at radius 2 is 1.92 bits per heavy atom. The van der Waals surface area contributed by atoms with Crippen LogP contribution in [0.4, 0.5) is 19.0 Å². The number of nitrogens with zero attached hydrogens (tertiary/aromatic N) is 3. The van der Waals surface area contributed by atoms with Gasteiger partial charge in [-0.1, -0.05) is 6.07 Å². The van der Waals surface area contributed by atoms with Crippen LogP contribution in [0.3, 0.4) is 0 Å². The fourth-order valence-electron chi connectivity index (χ4n) is 3.04. The Kier molecular flexibility index (Phi) is 4.02. The van der Waals surface area contributed by atoms with Gasteiger partial charge in [0, 0.05) is 30.4 Å². The molecule has 0 saturated carbocycles. The molecule has 1 N–H and O–H groups in total. The molecule has 0 fully saturated rings. The Labute approximate surface area is 147 Å². The summed E-state index contributed by atoms with van der Waals surface area (Å²) in [5.74, 6) is 0.618.